The Morgan fingerprint density at radius 1 is 1.36 bits per heavy atom. The lowest BCUT2D eigenvalue weighted by molar-refractivity contribution is 0.0667. The summed E-state index contributed by atoms with van der Waals surface area (Å²) < 4.78 is 1.79. The molecule has 0 saturated carbocycles. The van der Waals surface area contributed by atoms with E-state index in [1.807, 2.05) is 11.9 Å². The Morgan fingerprint density at radius 2 is 2.18 bits per heavy atom. The third kappa shape index (κ3) is 3.08. The van der Waals surface area contributed by atoms with Crippen molar-refractivity contribution in [3.8, 4) is 0 Å². The molecule has 0 aliphatic carbocycles. The maximum absolute atomic E-state index is 12.5. The number of nitrogens with two attached hydrogens (primary N) is 1. The van der Waals surface area contributed by atoms with E-state index in [4.69, 9.17) is 5.73 Å². The van der Waals surface area contributed by atoms with Crippen molar-refractivity contribution in [3.05, 3.63) is 36.3 Å². The predicted molar refractivity (Wildman–Crippen MR) is 82.0 cm³/mol. The van der Waals surface area contributed by atoms with Crippen LogP contribution in [0, 0.1) is 5.92 Å². The van der Waals surface area contributed by atoms with Gasteiger partial charge in [-0.1, -0.05) is 0 Å². The minimum absolute atomic E-state index is 0.00239. The lowest BCUT2D eigenvalue weighted by Crippen LogP contribution is -2.40. The molecule has 2 aromatic heterocycles. The first kappa shape index (κ1) is 14.5. The van der Waals surface area contributed by atoms with Crippen molar-refractivity contribution in [1.29, 1.82) is 0 Å². The number of anilines is 1. The Kier molecular flexibility index (Phi) is 4.04. The first-order valence-electron chi connectivity index (χ1n) is 7.46. The Morgan fingerprint density at radius 3 is 2.91 bits per heavy atom. The van der Waals surface area contributed by atoms with Crippen LogP contribution in [0.2, 0.25) is 0 Å². The van der Waals surface area contributed by atoms with E-state index in [0.29, 0.717) is 24.0 Å². The molecule has 1 fully saturated rings. The molecule has 1 saturated heterocycles. The molecule has 0 radical (unpaired) electrons. The summed E-state index contributed by atoms with van der Waals surface area (Å²) in [5.74, 6) is 0.841. The minimum Gasteiger partial charge on any atom is -0.382 e. The topological polar surface area (TPSA) is 89.9 Å². The van der Waals surface area contributed by atoms with E-state index in [-0.39, 0.29) is 5.91 Å². The van der Waals surface area contributed by atoms with Crippen LogP contribution >= 0.6 is 0 Å². The van der Waals surface area contributed by atoms with Gasteiger partial charge in [-0.25, -0.2) is 9.97 Å². The summed E-state index contributed by atoms with van der Waals surface area (Å²) in [6.45, 7) is 1.49. The van der Waals surface area contributed by atoms with Crippen LogP contribution in [0.15, 0.2) is 24.9 Å². The minimum atomic E-state index is -0.00239. The number of hydrogen-bond donors (Lipinski definition) is 1. The number of carbonyl (C=O) groups excluding carboxylic acids is 1. The van der Waals surface area contributed by atoms with Gasteiger partial charge in [-0.3, -0.25) is 9.78 Å². The van der Waals surface area contributed by atoms with E-state index in [1.165, 1.54) is 0 Å². The normalized spacial score (nSPS) is 18.4. The molecule has 2 N–H and O–H groups in total. The molecule has 1 atom stereocenters. The maximum Gasteiger partial charge on any atom is 0.274 e. The predicted octanol–water partition coefficient (Wildman–Crippen LogP) is 0.887. The van der Waals surface area contributed by atoms with Crippen LogP contribution in [0.1, 0.15) is 29.0 Å². The summed E-state index contributed by atoms with van der Waals surface area (Å²) >= 11 is 0. The molecule has 0 spiro atoms. The molecule has 22 heavy (non-hydrogen) atoms. The van der Waals surface area contributed by atoms with E-state index in [1.54, 1.807) is 29.5 Å². The molecule has 7 nitrogen and oxygen atoms in total. The van der Waals surface area contributed by atoms with Crippen molar-refractivity contribution in [2.45, 2.75) is 19.3 Å². The fourth-order valence-electron chi connectivity index (χ4n) is 2.91. The highest BCUT2D eigenvalue weighted by Gasteiger charge is 2.26. The summed E-state index contributed by atoms with van der Waals surface area (Å²) in [6.07, 6.45) is 9.47. The number of carbonyl (C=O) groups is 1. The Balaban J connectivity index is 1.67. The molecule has 3 rings (SSSR count). The molecule has 0 aromatic carbocycles. The average Bonchev–Trinajstić information content (AvgIpc) is 2.96. The number of piperidine rings is 1. The Labute approximate surface area is 129 Å². The number of amides is 1. The first-order valence-corrected chi connectivity index (χ1v) is 7.46. The summed E-state index contributed by atoms with van der Waals surface area (Å²) in [5, 5.41) is 0. The van der Waals surface area contributed by atoms with Gasteiger partial charge < -0.3 is 15.2 Å². The number of nitrogen functional groups attached to an aromatic ring is 1. The average molecular weight is 300 g/mol. The number of aryl methyl sites for hydroxylation is 1. The Bertz CT molecular complexity index is 668. The highest BCUT2D eigenvalue weighted by Crippen LogP contribution is 2.22. The molecule has 0 bridgehead atoms. The van der Waals surface area contributed by atoms with Crippen molar-refractivity contribution < 1.29 is 4.79 Å². The van der Waals surface area contributed by atoms with Crippen molar-refractivity contribution in [1.82, 2.24) is 24.4 Å². The molecule has 0 unspecified atom stereocenters. The standard InChI is InChI=1S/C15H20N6O/c1-20-9-13(19-10-20)15(22)21-6-2-3-11(8-21)7-12-14(16)18-5-4-17-12/h4-5,9-11H,2-3,6-8H2,1H3,(H2,16,18)/t11-/m1/s1. The van der Waals surface area contributed by atoms with Gasteiger partial charge in [0.1, 0.15) is 11.5 Å². The highest BCUT2D eigenvalue weighted by atomic mass is 16.2. The zero-order valence-electron chi connectivity index (χ0n) is 12.6. The van der Waals surface area contributed by atoms with Crippen LogP contribution in [-0.2, 0) is 13.5 Å². The van der Waals surface area contributed by atoms with Crippen LogP contribution in [0.5, 0.6) is 0 Å². The summed E-state index contributed by atoms with van der Waals surface area (Å²) in [7, 11) is 1.86. The van der Waals surface area contributed by atoms with E-state index >= 15 is 0 Å². The van der Waals surface area contributed by atoms with Gasteiger partial charge in [0.25, 0.3) is 5.91 Å². The van der Waals surface area contributed by atoms with Crippen LogP contribution in [-0.4, -0.2) is 43.4 Å². The van der Waals surface area contributed by atoms with Gasteiger partial charge in [-0.05, 0) is 25.2 Å². The van der Waals surface area contributed by atoms with E-state index in [2.05, 4.69) is 15.0 Å². The molecule has 116 valence electrons. The smallest absolute Gasteiger partial charge is 0.274 e. The second-order valence-electron chi connectivity index (χ2n) is 5.78. The number of likely N-dealkylation sites (tertiary alicyclic amines) is 1. The SMILES string of the molecule is Cn1cnc(C(=O)N2CCC[C@H](Cc3nccnc3N)C2)c1. The largest absolute Gasteiger partial charge is 0.382 e. The Hall–Kier alpha value is -2.44. The number of imidazole rings is 1. The van der Waals surface area contributed by atoms with Gasteiger partial charge >= 0.3 is 0 Å². The van der Waals surface area contributed by atoms with Gasteiger partial charge in [0, 0.05) is 38.7 Å². The monoisotopic (exact) mass is 300 g/mol. The summed E-state index contributed by atoms with van der Waals surface area (Å²) in [6, 6.07) is 0. The lowest BCUT2D eigenvalue weighted by atomic mass is 9.93. The third-order valence-electron chi connectivity index (χ3n) is 4.02. The van der Waals surface area contributed by atoms with Crippen molar-refractivity contribution >= 4 is 11.7 Å². The first-order chi connectivity index (χ1) is 10.6. The summed E-state index contributed by atoms with van der Waals surface area (Å²) in [5.41, 5.74) is 7.18. The maximum atomic E-state index is 12.5. The van der Waals surface area contributed by atoms with Gasteiger partial charge in [-0.15, -0.1) is 0 Å². The van der Waals surface area contributed by atoms with E-state index in [0.717, 1.165) is 31.5 Å². The number of nitrogens with zero attached hydrogens (tertiary/aromatic N) is 5. The van der Waals surface area contributed by atoms with Gasteiger partial charge in [0.05, 0.1) is 12.0 Å². The zero-order chi connectivity index (χ0) is 15.5. The molecular weight excluding hydrogens is 280 g/mol. The fourth-order valence-corrected chi connectivity index (χ4v) is 2.91. The quantitative estimate of drug-likeness (QED) is 0.909. The van der Waals surface area contributed by atoms with E-state index < -0.39 is 0 Å². The van der Waals surface area contributed by atoms with E-state index in [9.17, 15) is 4.79 Å². The molecule has 7 heteroatoms. The second-order valence-corrected chi connectivity index (χ2v) is 5.78. The van der Waals surface area contributed by atoms with Crippen molar-refractivity contribution in [2.75, 3.05) is 18.8 Å². The number of aromatic nitrogens is 4. The second kappa shape index (κ2) is 6.13. The molecule has 1 amide bonds. The molecular formula is C15H20N6O. The zero-order valence-corrected chi connectivity index (χ0v) is 12.6. The summed E-state index contributed by atoms with van der Waals surface area (Å²) in [4.78, 5) is 26.9. The molecule has 3 heterocycles. The van der Waals surface area contributed by atoms with Gasteiger partial charge in [0.2, 0.25) is 0 Å². The molecule has 1 aliphatic rings. The van der Waals surface area contributed by atoms with Crippen LogP contribution in [0.3, 0.4) is 0 Å². The number of rotatable bonds is 3. The van der Waals surface area contributed by atoms with Crippen LogP contribution in [0.4, 0.5) is 5.82 Å². The third-order valence-corrected chi connectivity index (χ3v) is 4.02. The van der Waals surface area contributed by atoms with Gasteiger partial charge in [0.15, 0.2) is 0 Å². The van der Waals surface area contributed by atoms with Crippen molar-refractivity contribution in [3.63, 3.8) is 0 Å². The van der Waals surface area contributed by atoms with Gasteiger partial charge in [-0.2, -0.15) is 0 Å². The van der Waals surface area contributed by atoms with Crippen LogP contribution in [0.25, 0.3) is 0 Å². The molecule has 1 aliphatic heterocycles. The lowest BCUT2D eigenvalue weighted by Gasteiger charge is -2.32. The van der Waals surface area contributed by atoms with Crippen LogP contribution < -0.4 is 5.73 Å². The molecule has 2 aromatic rings. The van der Waals surface area contributed by atoms with Crippen molar-refractivity contribution in [2.24, 2.45) is 13.0 Å². The highest BCUT2D eigenvalue weighted by molar-refractivity contribution is 5.92. The fraction of sp³-hybridized carbons (Fsp3) is 0.467. The number of hydrogen-bond acceptors (Lipinski definition) is 5.